The van der Waals surface area contributed by atoms with Crippen LogP contribution in [-0.4, -0.2) is 12.5 Å². The number of carbonyl (C=O) groups excluding carboxylic acids is 1. The summed E-state index contributed by atoms with van der Waals surface area (Å²) in [4.78, 5) is 11.7. The number of hydrogen-bond donors (Lipinski definition) is 1. The monoisotopic (exact) mass is 204 g/mol. The summed E-state index contributed by atoms with van der Waals surface area (Å²) in [7, 11) is 0. The number of aryl methyl sites for hydroxylation is 1. The van der Waals surface area contributed by atoms with Gasteiger partial charge in [-0.1, -0.05) is 31.5 Å². The van der Waals surface area contributed by atoms with Gasteiger partial charge < -0.3 is 5.32 Å². The molecular weight excluding hydrogens is 186 g/mol. The van der Waals surface area contributed by atoms with Crippen LogP contribution < -0.4 is 5.32 Å². The Kier molecular flexibility index (Phi) is 4.35. The summed E-state index contributed by atoms with van der Waals surface area (Å²) in [5, 5.41) is 2.90. The maximum absolute atomic E-state index is 11.7. The Bertz CT molecular complexity index is 316. The average molecular weight is 204 g/mol. The molecule has 1 rings (SSSR count). The van der Waals surface area contributed by atoms with Crippen molar-refractivity contribution in [2.75, 3.05) is 6.54 Å². The van der Waals surface area contributed by atoms with Gasteiger partial charge in [0.25, 0.3) is 5.91 Å². The highest BCUT2D eigenvalue weighted by atomic mass is 16.1. The molecule has 2 heteroatoms. The second-order valence-corrected chi connectivity index (χ2v) is 3.89. The molecule has 15 heavy (non-hydrogen) atoms. The lowest BCUT2D eigenvalue weighted by Gasteiger charge is -2.09. The normalized spacial score (nSPS) is 12.2. The third-order valence-electron chi connectivity index (χ3n) is 2.47. The van der Waals surface area contributed by atoms with Crippen LogP contribution in [0.15, 0.2) is 24.3 Å². The van der Waals surface area contributed by atoms with Crippen molar-refractivity contribution in [3.05, 3.63) is 41.8 Å². The molecule has 1 atom stereocenters. The number of carbonyl (C=O) groups is 1. The molecule has 0 aliphatic rings. The number of hydrogen-bond acceptors (Lipinski definition) is 1. The van der Waals surface area contributed by atoms with Gasteiger partial charge in [-0.3, -0.25) is 4.79 Å². The molecule has 0 bridgehead atoms. The molecule has 1 N–H and O–H groups in total. The standard InChI is InChI=1S/C13H18NO/c1-4-10(2)9-14-13(15)12-7-5-11(3)6-8-12/h4-8,10H,9H2,1-3H3,(H,14,15). The molecular formula is C13H18NO. The SMILES string of the molecule is C[CH]C(C)CNC(=O)c1ccc(C)cc1. The molecule has 1 unspecified atom stereocenters. The number of rotatable bonds is 4. The van der Waals surface area contributed by atoms with E-state index in [1.165, 1.54) is 5.56 Å². The minimum absolute atomic E-state index is 0.00343. The lowest BCUT2D eigenvalue weighted by atomic mass is 10.1. The van der Waals surface area contributed by atoms with E-state index in [-0.39, 0.29) is 5.91 Å². The van der Waals surface area contributed by atoms with Crippen molar-refractivity contribution in [1.82, 2.24) is 5.32 Å². The van der Waals surface area contributed by atoms with Gasteiger partial charge in [0.2, 0.25) is 0 Å². The Hall–Kier alpha value is -1.31. The summed E-state index contributed by atoms with van der Waals surface area (Å²) in [5.74, 6) is 0.420. The summed E-state index contributed by atoms with van der Waals surface area (Å²) in [5.41, 5.74) is 1.89. The van der Waals surface area contributed by atoms with E-state index in [0.29, 0.717) is 12.5 Å². The van der Waals surface area contributed by atoms with Crippen molar-refractivity contribution < 1.29 is 4.79 Å². The lowest BCUT2D eigenvalue weighted by Crippen LogP contribution is -2.28. The number of nitrogens with one attached hydrogen (secondary N) is 1. The van der Waals surface area contributed by atoms with E-state index >= 15 is 0 Å². The second kappa shape index (κ2) is 5.54. The highest BCUT2D eigenvalue weighted by molar-refractivity contribution is 5.94. The van der Waals surface area contributed by atoms with Crippen LogP contribution in [0.25, 0.3) is 0 Å². The molecule has 0 saturated carbocycles. The Morgan fingerprint density at radius 2 is 2.00 bits per heavy atom. The minimum Gasteiger partial charge on any atom is -0.352 e. The molecule has 0 spiro atoms. The predicted molar refractivity (Wildman–Crippen MR) is 62.7 cm³/mol. The molecule has 0 aliphatic carbocycles. The summed E-state index contributed by atoms with van der Waals surface area (Å²) < 4.78 is 0. The van der Waals surface area contributed by atoms with Crippen LogP contribution in [0.3, 0.4) is 0 Å². The van der Waals surface area contributed by atoms with E-state index in [2.05, 4.69) is 18.7 Å². The van der Waals surface area contributed by atoms with Crippen LogP contribution in [0.2, 0.25) is 0 Å². The molecule has 0 fully saturated rings. The van der Waals surface area contributed by atoms with Gasteiger partial charge >= 0.3 is 0 Å². The molecule has 0 aliphatic heterocycles. The first-order valence-electron chi connectivity index (χ1n) is 5.28. The van der Waals surface area contributed by atoms with E-state index < -0.39 is 0 Å². The zero-order valence-corrected chi connectivity index (χ0v) is 9.58. The number of benzene rings is 1. The number of amides is 1. The third kappa shape index (κ3) is 3.74. The van der Waals surface area contributed by atoms with E-state index in [0.717, 1.165) is 5.56 Å². The van der Waals surface area contributed by atoms with E-state index in [9.17, 15) is 4.79 Å². The molecule has 1 aromatic carbocycles. The molecule has 0 heterocycles. The van der Waals surface area contributed by atoms with Crippen LogP contribution in [0.1, 0.15) is 29.8 Å². The maximum Gasteiger partial charge on any atom is 0.251 e. The smallest absolute Gasteiger partial charge is 0.251 e. The predicted octanol–water partition coefficient (Wildman–Crippen LogP) is 2.59. The molecule has 1 amide bonds. The molecule has 0 saturated heterocycles. The van der Waals surface area contributed by atoms with E-state index in [1.807, 2.05) is 38.1 Å². The van der Waals surface area contributed by atoms with Crippen LogP contribution in [0.5, 0.6) is 0 Å². The summed E-state index contributed by atoms with van der Waals surface area (Å²) >= 11 is 0. The van der Waals surface area contributed by atoms with Crippen molar-refractivity contribution in [2.24, 2.45) is 5.92 Å². The van der Waals surface area contributed by atoms with E-state index in [1.54, 1.807) is 0 Å². The van der Waals surface area contributed by atoms with Gasteiger partial charge in [0.1, 0.15) is 0 Å². The fourth-order valence-corrected chi connectivity index (χ4v) is 1.18. The van der Waals surface area contributed by atoms with E-state index in [4.69, 9.17) is 0 Å². The van der Waals surface area contributed by atoms with Crippen molar-refractivity contribution in [1.29, 1.82) is 0 Å². The Balaban J connectivity index is 2.50. The summed E-state index contributed by atoms with van der Waals surface area (Å²) in [6.45, 7) is 6.79. The van der Waals surface area contributed by atoms with Crippen molar-refractivity contribution in [2.45, 2.75) is 20.8 Å². The summed E-state index contributed by atoms with van der Waals surface area (Å²) in [6, 6.07) is 7.60. The highest BCUT2D eigenvalue weighted by Crippen LogP contribution is 2.03. The summed E-state index contributed by atoms with van der Waals surface area (Å²) in [6.07, 6.45) is 2.08. The topological polar surface area (TPSA) is 29.1 Å². The molecule has 0 aromatic heterocycles. The largest absolute Gasteiger partial charge is 0.352 e. The Labute approximate surface area is 91.7 Å². The van der Waals surface area contributed by atoms with Gasteiger partial charge in [-0.15, -0.1) is 0 Å². The van der Waals surface area contributed by atoms with Gasteiger partial charge in [-0.2, -0.15) is 0 Å². The van der Waals surface area contributed by atoms with Gasteiger partial charge in [0.05, 0.1) is 0 Å². The van der Waals surface area contributed by atoms with Crippen LogP contribution in [0.4, 0.5) is 0 Å². The van der Waals surface area contributed by atoms with Crippen LogP contribution >= 0.6 is 0 Å². The molecule has 1 radical (unpaired) electrons. The van der Waals surface area contributed by atoms with Gasteiger partial charge in [-0.25, -0.2) is 0 Å². The zero-order chi connectivity index (χ0) is 11.3. The first-order chi connectivity index (χ1) is 7.13. The second-order valence-electron chi connectivity index (χ2n) is 3.89. The minimum atomic E-state index is 0.00343. The molecule has 1 aromatic rings. The highest BCUT2D eigenvalue weighted by Gasteiger charge is 2.05. The van der Waals surface area contributed by atoms with Gasteiger partial charge in [0, 0.05) is 12.1 Å². The zero-order valence-electron chi connectivity index (χ0n) is 9.58. The van der Waals surface area contributed by atoms with Crippen LogP contribution in [0, 0.1) is 19.3 Å². The average Bonchev–Trinajstić information content (AvgIpc) is 2.26. The van der Waals surface area contributed by atoms with Gasteiger partial charge in [0.15, 0.2) is 0 Å². The fraction of sp³-hybridized carbons (Fsp3) is 0.385. The Morgan fingerprint density at radius 3 is 2.53 bits per heavy atom. The van der Waals surface area contributed by atoms with Gasteiger partial charge in [-0.05, 0) is 31.4 Å². The third-order valence-corrected chi connectivity index (χ3v) is 2.47. The van der Waals surface area contributed by atoms with Crippen LogP contribution in [-0.2, 0) is 0 Å². The molecule has 81 valence electrons. The fourth-order valence-electron chi connectivity index (χ4n) is 1.18. The molecule has 2 nitrogen and oxygen atoms in total. The first-order valence-corrected chi connectivity index (χ1v) is 5.28. The maximum atomic E-state index is 11.7. The quantitative estimate of drug-likeness (QED) is 0.802. The van der Waals surface area contributed by atoms with Crippen molar-refractivity contribution in [3.63, 3.8) is 0 Å². The van der Waals surface area contributed by atoms with Crippen molar-refractivity contribution in [3.8, 4) is 0 Å². The Morgan fingerprint density at radius 1 is 1.40 bits per heavy atom. The first kappa shape index (κ1) is 11.8. The van der Waals surface area contributed by atoms with Crippen molar-refractivity contribution >= 4 is 5.91 Å². The lowest BCUT2D eigenvalue weighted by molar-refractivity contribution is 0.0950.